The molecule has 0 saturated heterocycles. The van der Waals surface area contributed by atoms with E-state index in [-0.39, 0.29) is 11.5 Å². The Labute approximate surface area is 161 Å². The average molecular weight is 378 g/mol. The molecular formula is C20H19FN6O. The number of hydrogen-bond acceptors (Lipinski definition) is 5. The molecule has 3 aromatic rings. The van der Waals surface area contributed by atoms with Crippen molar-refractivity contribution < 1.29 is 9.18 Å². The van der Waals surface area contributed by atoms with E-state index in [1.807, 2.05) is 31.2 Å². The lowest BCUT2D eigenvalue weighted by molar-refractivity contribution is 0.0954. The molecule has 0 atom stereocenters. The van der Waals surface area contributed by atoms with E-state index in [1.54, 1.807) is 16.9 Å². The van der Waals surface area contributed by atoms with Gasteiger partial charge in [-0.3, -0.25) is 4.79 Å². The first-order valence-corrected chi connectivity index (χ1v) is 8.84. The van der Waals surface area contributed by atoms with Crippen LogP contribution in [0, 0.1) is 17.1 Å². The number of pyridine rings is 1. The van der Waals surface area contributed by atoms with Crippen molar-refractivity contribution in [2.75, 3.05) is 18.4 Å². The molecule has 28 heavy (non-hydrogen) atoms. The van der Waals surface area contributed by atoms with Crippen molar-refractivity contribution in [2.45, 2.75) is 13.3 Å². The maximum Gasteiger partial charge on any atom is 0.254 e. The molecule has 2 N–H and O–H groups in total. The summed E-state index contributed by atoms with van der Waals surface area (Å²) in [5.41, 5.74) is 1.60. The van der Waals surface area contributed by atoms with E-state index in [1.165, 1.54) is 18.3 Å². The summed E-state index contributed by atoms with van der Waals surface area (Å²) in [6.45, 7) is 2.60. The molecule has 2 heterocycles. The first-order chi connectivity index (χ1) is 13.7. The minimum Gasteiger partial charge on any atom is -0.382 e. The first-order valence-electron chi connectivity index (χ1n) is 8.84. The fraction of sp³-hybridized carbons (Fsp3) is 0.200. The maximum absolute atomic E-state index is 13.6. The second-order valence-electron chi connectivity index (χ2n) is 5.92. The fourth-order valence-electron chi connectivity index (χ4n) is 2.83. The third-order valence-electron chi connectivity index (χ3n) is 4.17. The number of halogens is 1. The van der Waals surface area contributed by atoms with E-state index in [4.69, 9.17) is 5.26 Å². The minimum atomic E-state index is -0.578. The van der Waals surface area contributed by atoms with Crippen LogP contribution in [0.3, 0.4) is 0 Å². The van der Waals surface area contributed by atoms with E-state index < -0.39 is 5.82 Å². The zero-order valence-corrected chi connectivity index (χ0v) is 15.3. The molecule has 0 radical (unpaired) electrons. The number of nitriles is 1. The van der Waals surface area contributed by atoms with Gasteiger partial charge in [-0.25, -0.2) is 14.1 Å². The van der Waals surface area contributed by atoms with Gasteiger partial charge in [0.1, 0.15) is 17.4 Å². The molecule has 0 fully saturated rings. The molecule has 0 unspecified atom stereocenters. The molecule has 0 spiro atoms. The number of amides is 1. The van der Waals surface area contributed by atoms with Crippen molar-refractivity contribution in [1.82, 2.24) is 20.1 Å². The van der Waals surface area contributed by atoms with Gasteiger partial charge in [0.25, 0.3) is 5.91 Å². The summed E-state index contributed by atoms with van der Waals surface area (Å²) in [6.07, 6.45) is 3.81. The van der Waals surface area contributed by atoms with Crippen LogP contribution >= 0.6 is 0 Å². The van der Waals surface area contributed by atoms with Crippen LogP contribution in [0.25, 0.3) is 5.82 Å². The Hall–Kier alpha value is -3.73. The summed E-state index contributed by atoms with van der Waals surface area (Å²) in [5.74, 6) is -0.179. The molecule has 1 amide bonds. The number of hydrogen-bond donors (Lipinski definition) is 2. The Morgan fingerprint density at radius 2 is 2.11 bits per heavy atom. The quantitative estimate of drug-likeness (QED) is 0.616. The van der Waals surface area contributed by atoms with Gasteiger partial charge in [-0.1, -0.05) is 19.1 Å². The monoisotopic (exact) mass is 378 g/mol. The summed E-state index contributed by atoms with van der Waals surface area (Å²) in [7, 11) is 0. The third kappa shape index (κ3) is 3.99. The Balaban J connectivity index is 1.63. The molecule has 0 aliphatic carbocycles. The van der Waals surface area contributed by atoms with Crippen molar-refractivity contribution in [3.8, 4) is 11.9 Å². The van der Waals surface area contributed by atoms with Crippen molar-refractivity contribution in [1.29, 1.82) is 5.26 Å². The Kier molecular flexibility index (Phi) is 5.97. The van der Waals surface area contributed by atoms with Gasteiger partial charge in [0.15, 0.2) is 5.82 Å². The second-order valence-corrected chi connectivity index (χ2v) is 5.92. The van der Waals surface area contributed by atoms with Crippen LogP contribution in [0.5, 0.6) is 0 Å². The Morgan fingerprint density at radius 1 is 1.25 bits per heavy atom. The van der Waals surface area contributed by atoms with Crippen LogP contribution in [-0.4, -0.2) is 33.8 Å². The third-order valence-corrected chi connectivity index (χ3v) is 4.17. The van der Waals surface area contributed by atoms with Crippen molar-refractivity contribution in [3.63, 3.8) is 0 Å². The van der Waals surface area contributed by atoms with Crippen LogP contribution < -0.4 is 10.6 Å². The SMILES string of the molecule is CCc1c(C(=O)NCCNc2cccc(F)c2C#N)cnn1-c1ccccn1. The van der Waals surface area contributed by atoms with Crippen molar-refractivity contribution in [2.24, 2.45) is 0 Å². The fourth-order valence-corrected chi connectivity index (χ4v) is 2.83. The highest BCUT2D eigenvalue weighted by atomic mass is 19.1. The molecule has 0 saturated carbocycles. The Morgan fingerprint density at radius 3 is 2.82 bits per heavy atom. The van der Waals surface area contributed by atoms with Crippen LogP contribution in [0.15, 0.2) is 48.8 Å². The molecular weight excluding hydrogens is 359 g/mol. The first kappa shape index (κ1) is 19.0. The maximum atomic E-state index is 13.6. The molecule has 0 aliphatic heterocycles. The van der Waals surface area contributed by atoms with Crippen LogP contribution in [0.4, 0.5) is 10.1 Å². The highest BCUT2D eigenvalue weighted by molar-refractivity contribution is 5.95. The van der Waals surface area contributed by atoms with Crippen LogP contribution in [0.1, 0.15) is 28.5 Å². The number of nitrogens with one attached hydrogen (secondary N) is 2. The standard InChI is InChI=1S/C20H19FN6O/c1-2-18-15(13-26-27(18)19-8-3-4-9-24-19)20(28)25-11-10-23-17-7-5-6-16(21)14(17)12-22/h3-9,13,23H,2,10-11H2,1H3,(H,25,28). The number of rotatable bonds is 7. The average Bonchev–Trinajstić information content (AvgIpc) is 3.16. The summed E-state index contributed by atoms with van der Waals surface area (Å²) < 4.78 is 15.2. The lowest BCUT2D eigenvalue weighted by atomic mass is 10.2. The molecule has 3 rings (SSSR count). The summed E-state index contributed by atoms with van der Waals surface area (Å²) in [6, 6.07) is 11.7. The van der Waals surface area contributed by atoms with Gasteiger partial charge in [-0.05, 0) is 30.7 Å². The molecule has 1 aromatic carbocycles. The van der Waals surface area contributed by atoms with E-state index >= 15 is 0 Å². The van der Waals surface area contributed by atoms with Crippen LogP contribution in [-0.2, 0) is 6.42 Å². The van der Waals surface area contributed by atoms with Gasteiger partial charge in [-0.15, -0.1) is 0 Å². The predicted molar refractivity (Wildman–Crippen MR) is 103 cm³/mol. The zero-order valence-electron chi connectivity index (χ0n) is 15.3. The van der Waals surface area contributed by atoms with Crippen molar-refractivity contribution in [3.05, 3.63) is 71.4 Å². The second kappa shape index (κ2) is 8.77. The van der Waals surface area contributed by atoms with Crippen molar-refractivity contribution >= 4 is 11.6 Å². The number of benzene rings is 1. The van der Waals surface area contributed by atoms with Gasteiger partial charge in [0.05, 0.1) is 23.1 Å². The molecule has 8 heteroatoms. The lowest BCUT2D eigenvalue weighted by Crippen LogP contribution is -2.29. The number of carbonyl (C=O) groups is 1. The van der Waals surface area contributed by atoms with Gasteiger partial charge < -0.3 is 10.6 Å². The molecule has 2 aromatic heterocycles. The van der Waals surface area contributed by atoms with Crippen LogP contribution in [0.2, 0.25) is 0 Å². The smallest absolute Gasteiger partial charge is 0.254 e. The molecule has 142 valence electrons. The topological polar surface area (TPSA) is 95.6 Å². The number of anilines is 1. The highest BCUT2D eigenvalue weighted by Crippen LogP contribution is 2.17. The number of carbonyl (C=O) groups excluding carboxylic acids is 1. The summed E-state index contributed by atoms with van der Waals surface area (Å²) in [4.78, 5) is 16.8. The molecule has 0 aliphatic rings. The number of nitrogens with zero attached hydrogens (tertiary/aromatic N) is 4. The lowest BCUT2D eigenvalue weighted by Gasteiger charge is -2.10. The van der Waals surface area contributed by atoms with E-state index in [0.717, 1.165) is 5.69 Å². The Bertz CT molecular complexity index is 1010. The van der Waals surface area contributed by atoms with E-state index in [0.29, 0.717) is 36.6 Å². The minimum absolute atomic E-state index is 0.0428. The predicted octanol–water partition coefficient (Wildman–Crippen LogP) is 2.68. The molecule has 7 nitrogen and oxygen atoms in total. The summed E-state index contributed by atoms with van der Waals surface area (Å²) in [5, 5.41) is 19.1. The van der Waals surface area contributed by atoms with Gasteiger partial charge in [0.2, 0.25) is 0 Å². The normalized spacial score (nSPS) is 10.3. The zero-order chi connectivity index (χ0) is 19.9. The largest absolute Gasteiger partial charge is 0.382 e. The highest BCUT2D eigenvalue weighted by Gasteiger charge is 2.17. The van der Waals surface area contributed by atoms with E-state index in [2.05, 4.69) is 20.7 Å². The van der Waals surface area contributed by atoms with Gasteiger partial charge in [0, 0.05) is 19.3 Å². The number of aromatic nitrogens is 3. The van der Waals surface area contributed by atoms with Gasteiger partial charge in [-0.2, -0.15) is 10.4 Å². The summed E-state index contributed by atoms with van der Waals surface area (Å²) >= 11 is 0. The van der Waals surface area contributed by atoms with E-state index in [9.17, 15) is 9.18 Å². The molecule has 0 bridgehead atoms. The van der Waals surface area contributed by atoms with Gasteiger partial charge >= 0.3 is 0 Å².